The fourth-order valence-electron chi connectivity index (χ4n) is 1.14. The zero-order chi connectivity index (χ0) is 10.8. The SMILES string of the molecule is COC(=O)C1(NC(=O)OC(C)C)CC1. The Morgan fingerprint density at radius 3 is 2.29 bits per heavy atom. The van der Waals surface area contributed by atoms with Gasteiger partial charge in [-0.15, -0.1) is 0 Å². The number of carbonyl (C=O) groups is 2. The van der Waals surface area contributed by atoms with Gasteiger partial charge in [-0.1, -0.05) is 0 Å². The quantitative estimate of drug-likeness (QED) is 0.687. The summed E-state index contributed by atoms with van der Waals surface area (Å²) < 4.78 is 9.44. The van der Waals surface area contributed by atoms with Gasteiger partial charge < -0.3 is 14.8 Å². The van der Waals surface area contributed by atoms with Gasteiger partial charge in [-0.25, -0.2) is 9.59 Å². The Hall–Kier alpha value is -1.26. The molecule has 0 aromatic rings. The fraction of sp³-hybridized carbons (Fsp3) is 0.778. The molecule has 1 amide bonds. The fourth-order valence-corrected chi connectivity index (χ4v) is 1.14. The maximum Gasteiger partial charge on any atom is 0.408 e. The smallest absolute Gasteiger partial charge is 0.408 e. The van der Waals surface area contributed by atoms with Crippen LogP contribution in [0.5, 0.6) is 0 Å². The third-order valence-electron chi connectivity index (χ3n) is 2.01. The minimum absolute atomic E-state index is 0.191. The summed E-state index contributed by atoms with van der Waals surface area (Å²) in [5.41, 5.74) is -0.819. The average Bonchev–Trinajstić information content (AvgIpc) is 2.82. The van der Waals surface area contributed by atoms with Crippen LogP contribution in [0.2, 0.25) is 0 Å². The first kappa shape index (κ1) is 10.8. The van der Waals surface area contributed by atoms with Gasteiger partial charge >= 0.3 is 12.1 Å². The summed E-state index contributed by atoms with van der Waals surface area (Å²) in [5, 5.41) is 2.51. The Kier molecular flexibility index (Phi) is 2.98. The van der Waals surface area contributed by atoms with Crippen molar-refractivity contribution >= 4 is 12.1 Å². The van der Waals surface area contributed by atoms with Gasteiger partial charge in [-0.2, -0.15) is 0 Å². The van der Waals surface area contributed by atoms with Gasteiger partial charge in [-0.3, -0.25) is 0 Å². The standard InChI is InChI=1S/C9H15NO4/c1-6(2)14-8(12)10-9(4-5-9)7(11)13-3/h6H,4-5H2,1-3H3,(H,10,12). The van der Waals surface area contributed by atoms with Crippen molar-refractivity contribution < 1.29 is 19.1 Å². The molecule has 0 aromatic heterocycles. The van der Waals surface area contributed by atoms with E-state index in [1.807, 2.05) is 0 Å². The number of hydrogen-bond donors (Lipinski definition) is 1. The lowest BCUT2D eigenvalue weighted by molar-refractivity contribution is -0.144. The second-order valence-electron chi connectivity index (χ2n) is 3.65. The average molecular weight is 201 g/mol. The highest BCUT2D eigenvalue weighted by atomic mass is 16.6. The number of esters is 1. The number of hydrogen-bond acceptors (Lipinski definition) is 4. The summed E-state index contributed by atoms with van der Waals surface area (Å²) in [6, 6.07) is 0. The lowest BCUT2D eigenvalue weighted by Crippen LogP contribution is -2.44. The van der Waals surface area contributed by atoms with E-state index < -0.39 is 17.6 Å². The molecule has 1 N–H and O–H groups in total. The van der Waals surface area contributed by atoms with Crippen molar-refractivity contribution in [3.63, 3.8) is 0 Å². The Bertz CT molecular complexity index is 245. The van der Waals surface area contributed by atoms with Crippen LogP contribution in [0, 0.1) is 0 Å². The highest BCUT2D eigenvalue weighted by Crippen LogP contribution is 2.36. The molecule has 80 valence electrons. The minimum Gasteiger partial charge on any atom is -0.467 e. The Balaban J connectivity index is 2.44. The molecule has 0 heterocycles. The van der Waals surface area contributed by atoms with Crippen LogP contribution in [0.25, 0.3) is 0 Å². The molecule has 1 aliphatic rings. The normalized spacial score (nSPS) is 17.4. The third kappa shape index (κ3) is 2.37. The molecule has 0 unspecified atom stereocenters. The predicted octanol–water partition coefficient (Wildman–Crippen LogP) is 0.827. The zero-order valence-corrected chi connectivity index (χ0v) is 8.62. The molecule has 0 radical (unpaired) electrons. The van der Waals surface area contributed by atoms with Gasteiger partial charge in [0.15, 0.2) is 0 Å². The van der Waals surface area contributed by atoms with Crippen LogP contribution in [0.15, 0.2) is 0 Å². The van der Waals surface area contributed by atoms with Crippen LogP contribution in [0.3, 0.4) is 0 Å². The number of alkyl carbamates (subject to hydrolysis) is 1. The van der Waals surface area contributed by atoms with E-state index in [1.54, 1.807) is 13.8 Å². The molecule has 0 aromatic carbocycles. The van der Waals surface area contributed by atoms with E-state index in [9.17, 15) is 9.59 Å². The van der Waals surface area contributed by atoms with Gasteiger partial charge in [0, 0.05) is 0 Å². The van der Waals surface area contributed by atoms with E-state index >= 15 is 0 Å². The van der Waals surface area contributed by atoms with Crippen LogP contribution < -0.4 is 5.32 Å². The molecule has 5 heteroatoms. The molecule has 0 atom stereocenters. The van der Waals surface area contributed by atoms with Crippen LogP contribution in [-0.4, -0.2) is 30.8 Å². The monoisotopic (exact) mass is 201 g/mol. The summed E-state index contributed by atoms with van der Waals surface area (Å²) in [5.74, 6) is -0.404. The summed E-state index contributed by atoms with van der Waals surface area (Å²) in [7, 11) is 1.30. The van der Waals surface area contributed by atoms with Crippen molar-refractivity contribution in [3.8, 4) is 0 Å². The summed E-state index contributed by atoms with van der Waals surface area (Å²) >= 11 is 0. The van der Waals surface area contributed by atoms with Crippen molar-refractivity contribution in [2.24, 2.45) is 0 Å². The minimum atomic E-state index is -0.819. The van der Waals surface area contributed by atoms with Crippen molar-refractivity contribution in [3.05, 3.63) is 0 Å². The zero-order valence-electron chi connectivity index (χ0n) is 8.62. The number of ether oxygens (including phenoxy) is 2. The van der Waals surface area contributed by atoms with Crippen LogP contribution in [0.1, 0.15) is 26.7 Å². The third-order valence-corrected chi connectivity index (χ3v) is 2.01. The van der Waals surface area contributed by atoms with Crippen LogP contribution >= 0.6 is 0 Å². The molecular formula is C9H15NO4. The summed E-state index contributed by atoms with van der Waals surface area (Å²) in [6.45, 7) is 3.49. The molecule has 5 nitrogen and oxygen atoms in total. The lowest BCUT2D eigenvalue weighted by atomic mass is 10.3. The largest absolute Gasteiger partial charge is 0.467 e. The number of amides is 1. The Morgan fingerprint density at radius 2 is 1.93 bits per heavy atom. The molecule has 1 rings (SSSR count). The highest BCUT2D eigenvalue weighted by molar-refractivity contribution is 5.88. The Labute approximate surface area is 82.8 Å². The molecular weight excluding hydrogens is 186 g/mol. The van der Waals surface area contributed by atoms with Gasteiger partial charge in [0.1, 0.15) is 5.54 Å². The van der Waals surface area contributed by atoms with Gasteiger partial charge in [0.25, 0.3) is 0 Å². The molecule has 0 saturated heterocycles. The van der Waals surface area contributed by atoms with Crippen molar-refractivity contribution in [2.75, 3.05) is 7.11 Å². The van der Waals surface area contributed by atoms with Gasteiger partial charge in [-0.05, 0) is 26.7 Å². The number of nitrogens with one attached hydrogen (secondary N) is 1. The number of rotatable bonds is 3. The van der Waals surface area contributed by atoms with Gasteiger partial charge in [0.2, 0.25) is 0 Å². The first-order chi connectivity index (χ1) is 6.50. The molecule has 0 spiro atoms. The van der Waals surface area contributed by atoms with E-state index in [4.69, 9.17) is 4.74 Å². The van der Waals surface area contributed by atoms with E-state index in [2.05, 4.69) is 10.1 Å². The molecule has 0 aliphatic heterocycles. The second-order valence-corrected chi connectivity index (χ2v) is 3.65. The predicted molar refractivity (Wildman–Crippen MR) is 48.7 cm³/mol. The first-order valence-electron chi connectivity index (χ1n) is 4.57. The first-order valence-corrected chi connectivity index (χ1v) is 4.57. The van der Waals surface area contributed by atoms with E-state index in [1.165, 1.54) is 7.11 Å². The van der Waals surface area contributed by atoms with Gasteiger partial charge in [0.05, 0.1) is 13.2 Å². The number of methoxy groups -OCH3 is 1. The summed E-state index contributed by atoms with van der Waals surface area (Å²) in [4.78, 5) is 22.4. The number of carbonyl (C=O) groups excluding carboxylic acids is 2. The van der Waals surface area contributed by atoms with Crippen molar-refractivity contribution in [1.29, 1.82) is 0 Å². The molecule has 1 aliphatic carbocycles. The Morgan fingerprint density at radius 1 is 1.36 bits per heavy atom. The van der Waals surface area contributed by atoms with Crippen LogP contribution in [-0.2, 0) is 14.3 Å². The van der Waals surface area contributed by atoms with Crippen LogP contribution in [0.4, 0.5) is 4.79 Å². The summed E-state index contributed by atoms with van der Waals surface area (Å²) in [6.07, 6.45) is 0.478. The highest BCUT2D eigenvalue weighted by Gasteiger charge is 2.53. The molecule has 0 bridgehead atoms. The van der Waals surface area contributed by atoms with E-state index in [0.717, 1.165) is 0 Å². The topological polar surface area (TPSA) is 64.6 Å². The second kappa shape index (κ2) is 3.86. The maximum atomic E-state index is 11.2. The molecule has 14 heavy (non-hydrogen) atoms. The van der Waals surface area contributed by atoms with E-state index in [0.29, 0.717) is 12.8 Å². The van der Waals surface area contributed by atoms with E-state index in [-0.39, 0.29) is 6.10 Å². The van der Waals surface area contributed by atoms with Crippen molar-refractivity contribution in [2.45, 2.75) is 38.3 Å². The molecule has 1 fully saturated rings. The lowest BCUT2D eigenvalue weighted by Gasteiger charge is -2.15. The maximum absolute atomic E-state index is 11.2. The molecule has 1 saturated carbocycles. The van der Waals surface area contributed by atoms with Crippen molar-refractivity contribution in [1.82, 2.24) is 5.32 Å².